The van der Waals surface area contributed by atoms with Gasteiger partial charge in [-0.2, -0.15) is 0 Å². The predicted molar refractivity (Wildman–Crippen MR) is 49.4 cm³/mol. The topological polar surface area (TPSA) is 32.9 Å². The largest absolute Gasteiger partial charge is 0.351 e. The number of halogens is 4. The number of benzene rings is 1. The Hall–Kier alpha value is -1.85. The highest BCUT2D eigenvalue weighted by Crippen LogP contribution is 2.20. The second-order valence-corrected chi connectivity index (χ2v) is 3.17. The summed E-state index contributed by atoms with van der Waals surface area (Å²) in [6, 6.07) is 2.10. The van der Waals surface area contributed by atoms with E-state index in [0.717, 1.165) is 12.1 Å². The fraction of sp³-hybridized carbons (Fsp3) is 0.100. The van der Waals surface area contributed by atoms with Gasteiger partial charge in [0.25, 0.3) is 6.43 Å². The number of fused-ring (bicyclic) bond motifs is 1. The monoisotopic (exact) mass is 231 g/mol. The van der Waals surface area contributed by atoms with E-state index in [9.17, 15) is 22.4 Å². The van der Waals surface area contributed by atoms with Crippen LogP contribution in [0.15, 0.2) is 23.0 Å². The van der Waals surface area contributed by atoms with E-state index in [2.05, 4.69) is 0 Å². The molecule has 0 fully saturated rings. The molecule has 0 aliphatic carbocycles. The van der Waals surface area contributed by atoms with Gasteiger partial charge in [0.05, 0.1) is 16.6 Å². The number of hydrogen-bond acceptors (Lipinski definition) is 1. The lowest BCUT2D eigenvalue weighted by molar-refractivity contribution is 0.146. The van der Waals surface area contributed by atoms with E-state index in [1.807, 2.05) is 4.98 Å². The lowest BCUT2D eigenvalue weighted by atomic mass is 10.1. The molecule has 0 atom stereocenters. The molecule has 0 bridgehead atoms. The van der Waals surface area contributed by atoms with Crippen LogP contribution < -0.4 is 5.43 Å². The number of H-pyrrole nitrogens is 1. The lowest BCUT2D eigenvalue weighted by Gasteiger charge is -2.04. The van der Waals surface area contributed by atoms with Crippen LogP contribution in [-0.4, -0.2) is 4.98 Å². The van der Waals surface area contributed by atoms with Gasteiger partial charge in [0.2, 0.25) is 0 Å². The Kier molecular flexibility index (Phi) is 2.41. The van der Waals surface area contributed by atoms with Crippen molar-refractivity contribution in [1.82, 2.24) is 4.98 Å². The van der Waals surface area contributed by atoms with Crippen LogP contribution in [0.2, 0.25) is 0 Å². The maximum Gasteiger partial charge on any atom is 0.278 e. The molecular weight excluding hydrogens is 226 g/mol. The molecule has 0 amide bonds. The van der Waals surface area contributed by atoms with Gasteiger partial charge in [-0.05, 0) is 12.1 Å². The first-order chi connectivity index (χ1) is 7.50. The van der Waals surface area contributed by atoms with Crippen molar-refractivity contribution in [1.29, 1.82) is 0 Å². The molecule has 1 aromatic heterocycles. The summed E-state index contributed by atoms with van der Waals surface area (Å²) in [4.78, 5) is 13.3. The second kappa shape index (κ2) is 3.62. The van der Waals surface area contributed by atoms with Gasteiger partial charge in [0.15, 0.2) is 5.43 Å². The van der Waals surface area contributed by atoms with Crippen LogP contribution in [0.3, 0.4) is 0 Å². The summed E-state index contributed by atoms with van der Waals surface area (Å²) in [6.45, 7) is 0. The van der Waals surface area contributed by atoms with Crippen LogP contribution in [0.5, 0.6) is 0 Å². The third-order valence-electron chi connectivity index (χ3n) is 2.14. The number of rotatable bonds is 1. The van der Waals surface area contributed by atoms with Crippen molar-refractivity contribution in [2.75, 3.05) is 0 Å². The molecule has 0 spiro atoms. The third-order valence-corrected chi connectivity index (χ3v) is 2.14. The molecule has 2 rings (SSSR count). The van der Waals surface area contributed by atoms with E-state index in [1.54, 1.807) is 0 Å². The Morgan fingerprint density at radius 2 is 1.75 bits per heavy atom. The van der Waals surface area contributed by atoms with Crippen molar-refractivity contribution in [3.05, 3.63) is 45.8 Å². The first kappa shape index (κ1) is 10.7. The minimum Gasteiger partial charge on any atom is -0.351 e. The van der Waals surface area contributed by atoms with Gasteiger partial charge in [0.1, 0.15) is 11.6 Å². The maximum atomic E-state index is 13.2. The SMILES string of the molecule is O=c1cc(C(F)F)[nH]c2c(F)ccc(F)c12. The first-order valence-electron chi connectivity index (χ1n) is 4.30. The number of aromatic amines is 1. The third kappa shape index (κ3) is 1.56. The summed E-state index contributed by atoms with van der Waals surface area (Å²) in [6.07, 6.45) is -2.94. The standard InChI is InChI=1S/C10H5F4NO/c11-4-1-2-5(12)9-8(4)7(16)3-6(15-9)10(13)14/h1-3,10H,(H,15,16). The Morgan fingerprint density at radius 1 is 1.12 bits per heavy atom. The summed E-state index contributed by atoms with van der Waals surface area (Å²) in [5.74, 6) is -1.89. The zero-order valence-electron chi connectivity index (χ0n) is 7.73. The van der Waals surface area contributed by atoms with E-state index >= 15 is 0 Å². The van der Waals surface area contributed by atoms with E-state index in [0.29, 0.717) is 6.07 Å². The van der Waals surface area contributed by atoms with Crippen LogP contribution >= 0.6 is 0 Å². The van der Waals surface area contributed by atoms with Crippen LogP contribution in [0.25, 0.3) is 10.9 Å². The number of hydrogen-bond donors (Lipinski definition) is 1. The van der Waals surface area contributed by atoms with Crippen LogP contribution in [0.4, 0.5) is 17.6 Å². The molecular formula is C10H5F4NO. The molecule has 0 unspecified atom stereocenters. The summed E-state index contributed by atoms with van der Waals surface area (Å²) < 4.78 is 51.0. The fourth-order valence-electron chi connectivity index (χ4n) is 1.43. The van der Waals surface area contributed by atoms with Crippen LogP contribution in [0, 0.1) is 11.6 Å². The summed E-state index contributed by atoms with van der Waals surface area (Å²) in [5.41, 5.74) is -2.24. The molecule has 84 valence electrons. The van der Waals surface area contributed by atoms with Gasteiger partial charge in [-0.3, -0.25) is 4.79 Å². The number of nitrogens with one attached hydrogen (secondary N) is 1. The minimum atomic E-state index is -2.94. The van der Waals surface area contributed by atoms with E-state index in [4.69, 9.17) is 0 Å². The zero-order valence-corrected chi connectivity index (χ0v) is 7.73. The number of pyridine rings is 1. The van der Waals surface area contributed by atoms with Crippen molar-refractivity contribution < 1.29 is 17.6 Å². The zero-order chi connectivity index (χ0) is 11.9. The molecule has 0 aliphatic heterocycles. The van der Waals surface area contributed by atoms with Gasteiger partial charge in [-0.25, -0.2) is 17.6 Å². The van der Waals surface area contributed by atoms with Crippen molar-refractivity contribution in [3.63, 3.8) is 0 Å². The Bertz CT molecular complexity index is 606. The average molecular weight is 231 g/mol. The fourth-order valence-corrected chi connectivity index (χ4v) is 1.43. The molecule has 6 heteroatoms. The van der Waals surface area contributed by atoms with Crippen molar-refractivity contribution in [3.8, 4) is 0 Å². The molecule has 1 heterocycles. The van der Waals surface area contributed by atoms with E-state index < -0.39 is 40.1 Å². The molecule has 1 aromatic carbocycles. The first-order valence-corrected chi connectivity index (χ1v) is 4.30. The second-order valence-electron chi connectivity index (χ2n) is 3.17. The molecule has 0 aliphatic rings. The molecule has 0 radical (unpaired) electrons. The molecule has 1 N–H and O–H groups in total. The molecule has 16 heavy (non-hydrogen) atoms. The quantitative estimate of drug-likeness (QED) is 0.752. The maximum absolute atomic E-state index is 13.2. The van der Waals surface area contributed by atoms with Gasteiger partial charge < -0.3 is 4.98 Å². The van der Waals surface area contributed by atoms with E-state index in [-0.39, 0.29) is 0 Å². The van der Waals surface area contributed by atoms with Crippen molar-refractivity contribution in [2.45, 2.75) is 6.43 Å². The molecule has 0 saturated heterocycles. The summed E-state index contributed by atoms with van der Waals surface area (Å²) >= 11 is 0. The highest BCUT2D eigenvalue weighted by atomic mass is 19.3. The van der Waals surface area contributed by atoms with Crippen LogP contribution in [0.1, 0.15) is 12.1 Å². The Balaban J connectivity index is 2.92. The van der Waals surface area contributed by atoms with Gasteiger partial charge >= 0.3 is 0 Å². The number of aromatic nitrogens is 1. The van der Waals surface area contributed by atoms with Gasteiger partial charge in [0, 0.05) is 6.07 Å². The molecule has 0 saturated carbocycles. The smallest absolute Gasteiger partial charge is 0.278 e. The highest BCUT2D eigenvalue weighted by Gasteiger charge is 2.15. The Morgan fingerprint density at radius 3 is 2.38 bits per heavy atom. The highest BCUT2D eigenvalue weighted by molar-refractivity contribution is 5.79. The van der Waals surface area contributed by atoms with Gasteiger partial charge in [-0.1, -0.05) is 0 Å². The predicted octanol–water partition coefficient (Wildman–Crippen LogP) is 2.74. The van der Waals surface area contributed by atoms with Crippen molar-refractivity contribution >= 4 is 10.9 Å². The normalized spacial score (nSPS) is 11.3. The average Bonchev–Trinajstić information content (AvgIpc) is 2.22. The van der Waals surface area contributed by atoms with Gasteiger partial charge in [-0.15, -0.1) is 0 Å². The summed E-state index contributed by atoms with van der Waals surface area (Å²) in [5, 5.41) is -0.551. The van der Waals surface area contributed by atoms with Crippen LogP contribution in [-0.2, 0) is 0 Å². The summed E-state index contributed by atoms with van der Waals surface area (Å²) in [7, 11) is 0. The van der Waals surface area contributed by atoms with Crippen molar-refractivity contribution in [2.24, 2.45) is 0 Å². The molecule has 2 nitrogen and oxygen atoms in total. The minimum absolute atomic E-state index is 0.539. The van der Waals surface area contributed by atoms with E-state index in [1.165, 1.54) is 0 Å². The molecule has 2 aromatic rings. The lowest BCUT2D eigenvalue weighted by Crippen LogP contribution is -2.08. The number of alkyl halides is 2. The Labute approximate surface area is 86.5 Å².